The molecule has 3 aromatic heterocycles. The first-order valence-electron chi connectivity index (χ1n) is 11.7. The molecular formula is C31H19N3O. The molecule has 0 aliphatic rings. The highest BCUT2D eigenvalue weighted by Gasteiger charge is 2.15. The molecule has 8 aromatic rings. The highest BCUT2D eigenvalue weighted by molar-refractivity contribution is 6.10. The van der Waals surface area contributed by atoms with Crippen molar-refractivity contribution in [3.8, 4) is 16.8 Å². The Kier molecular flexibility index (Phi) is 3.63. The van der Waals surface area contributed by atoms with Crippen molar-refractivity contribution in [3.05, 3.63) is 115 Å². The molecule has 0 spiro atoms. The molecule has 0 unspecified atom stereocenters. The number of aromatic nitrogens is 3. The number of nitrogens with zero attached hydrogens (tertiary/aromatic N) is 3. The fourth-order valence-corrected chi connectivity index (χ4v) is 5.37. The molecule has 4 nitrogen and oxygen atoms in total. The van der Waals surface area contributed by atoms with Crippen LogP contribution in [0.3, 0.4) is 0 Å². The second-order valence-electron chi connectivity index (χ2n) is 8.92. The van der Waals surface area contributed by atoms with Crippen molar-refractivity contribution in [2.24, 2.45) is 0 Å². The number of para-hydroxylation sites is 4. The highest BCUT2D eigenvalue weighted by Crippen LogP contribution is 2.36. The van der Waals surface area contributed by atoms with E-state index in [0.717, 1.165) is 27.7 Å². The zero-order chi connectivity index (χ0) is 22.9. The number of fused-ring (bicyclic) bond motifs is 8. The molecule has 0 saturated heterocycles. The Hall–Kier alpha value is -4.83. The van der Waals surface area contributed by atoms with Gasteiger partial charge in [0.15, 0.2) is 5.58 Å². The lowest BCUT2D eigenvalue weighted by molar-refractivity contribution is 0.643. The molecule has 0 aliphatic heterocycles. The topological polar surface area (TPSA) is 35.4 Å². The van der Waals surface area contributed by atoms with Gasteiger partial charge in [0.25, 0.3) is 0 Å². The molecule has 0 aliphatic carbocycles. The van der Waals surface area contributed by atoms with Gasteiger partial charge in [0, 0.05) is 16.5 Å². The van der Waals surface area contributed by atoms with Gasteiger partial charge < -0.3 is 8.98 Å². The van der Waals surface area contributed by atoms with E-state index in [9.17, 15) is 0 Å². The molecule has 0 atom stereocenters. The molecule has 164 valence electrons. The predicted molar refractivity (Wildman–Crippen MR) is 142 cm³/mol. The first-order valence-corrected chi connectivity index (χ1v) is 11.7. The quantitative estimate of drug-likeness (QED) is 0.268. The molecule has 0 N–H and O–H groups in total. The fraction of sp³-hybridized carbons (Fsp3) is 0. The van der Waals surface area contributed by atoms with E-state index < -0.39 is 0 Å². The van der Waals surface area contributed by atoms with Gasteiger partial charge in [-0.1, -0.05) is 60.7 Å². The van der Waals surface area contributed by atoms with Crippen LogP contribution in [-0.2, 0) is 0 Å². The van der Waals surface area contributed by atoms with Crippen LogP contribution in [0.2, 0.25) is 0 Å². The van der Waals surface area contributed by atoms with E-state index in [0.29, 0.717) is 5.84 Å². The third-order valence-corrected chi connectivity index (χ3v) is 6.95. The van der Waals surface area contributed by atoms with Gasteiger partial charge in [0.2, 0.25) is 0 Å². The third kappa shape index (κ3) is 2.59. The lowest BCUT2D eigenvalue weighted by Crippen LogP contribution is -1.92. The van der Waals surface area contributed by atoms with Crippen LogP contribution in [-0.4, -0.2) is 14.0 Å². The normalized spacial score (nSPS) is 12.0. The first kappa shape index (κ1) is 18.6. The Morgan fingerprint density at radius 2 is 1.26 bits per heavy atom. The average molecular weight is 450 g/mol. The zero-order valence-corrected chi connectivity index (χ0v) is 18.7. The molecule has 0 amide bonds. The van der Waals surface area contributed by atoms with E-state index in [1.807, 2.05) is 24.3 Å². The Bertz CT molecular complexity index is 2060. The van der Waals surface area contributed by atoms with E-state index in [4.69, 9.17) is 4.42 Å². The maximum absolute atomic E-state index is 6.06. The molecule has 4 heteroatoms. The molecule has 35 heavy (non-hydrogen) atoms. The second kappa shape index (κ2) is 6.84. The monoisotopic (exact) mass is 449 g/mol. The summed E-state index contributed by atoms with van der Waals surface area (Å²) in [5.41, 5.74) is 9.76. The van der Waals surface area contributed by atoms with Crippen LogP contribution in [0, 0.1) is 0 Å². The van der Waals surface area contributed by atoms with Gasteiger partial charge in [-0.2, -0.15) is 4.98 Å². The zero-order valence-electron chi connectivity index (χ0n) is 18.7. The Morgan fingerprint density at radius 1 is 0.543 bits per heavy atom. The summed E-state index contributed by atoms with van der Waals surface area (Å²) < 4.78 is 10.5. The van der Waals surface area contributed by atoms with Gasteiger partial charge in [-0.05, 0) is 65.7 Å². The number of oxazole rings is 1. The predicted octanol–water partition coefficient (Wildman–Crippen LogP) is 8.00. The Balaban J connectivity index is 1.38. The van der Waals surface area contributed by atoms with Crippen molar-refractivity contribution >= 4 is 49.8 Å². The van der Waals surface area contributed by atoms with Crippen molar-refractivity contribution in [2.75, 3.05) is 0 Å². The largest absolute Gasteiger partial charge is 0.423 e. The maximum atomic E-state index is 6.06. The van der Waals surface area contributed by atoms with Crippen molar-refractivity contribution in [3.63, 3.8) is 0 Å². The van der Waals surface area contributed by atoms with Gasteiger partial charge >= 0.3 is 5.84 Å². The lowest BCUT2D eigenvalue weighted by atomic mass is 10.0. The number of hydrogen-bond acceptors (Lipinski definition) is 2. The number of benzene rings is 5. The van der Waals surface area contributed by atoms with E-state index in [1.54, 1.807) is 0 Å². The van der Waals surface area contributed by atoms with Crippen LogP contribution in [0.5, 0.6) is 0 Å². The summed E-state index contributed by atoms with van der Waals surface area (Å²) in [5, 5.41) is 2.49. The van der Waals surface area contributed by atoms with Crippen LogP contribution in [0.1, 0.15) is 0 Å². The number of rotatable bonds is 2. The van der Waals surface area contributed by atoms with E-state index in [1.165, 1.54) is 33.1 Å². The van der Waals surface area contributed by atoms with Crippen molar-refractivity contribution in [2.45, 2.75) is 0 Å². The molecule has 0 bridgehead atoms. The van der Waals surface area contributed by atoms with Gasteiger partial charge in [-0.3, -0.25) is 4.40 Å². The number of imidazole rings is 1. The summed E-state index contributed by atoms with van der Waals surface area (Å²) in [6.07, 6.45) is 0. The second-order valence-corrected chi connectivity index (χ2v) is 8.92. The SMILES string of the molecule is c1ccc(-n2c3ccccc3c3cc(-c4ccc5oc6nc7ccccc7n6c5c4)ccc32)cc1. The van der Waals surface area contributed by atoms with Crippen LogP contribution in [0.4, 0.5) is 0 Å². The van der Waals surface area contributed by atoms with Crippen molar-refractivity contribution < 1.29 is 4.42 Å². The summed E-state index contributed by atoms with van der Waals surface area (Å²) in [7, 11) is 0. The van der Waals surface area contributed by atoms with E-state index >= 15 is 0 Å². The highest BCUT2D eigenvalue weighted by atomic mass is 16.4. The summed E-state index contributed by atoms with van der Waals surface area (Å²) >= 11 is 0. The minimum Gasteiger partial charge on any atom is -0.423 e. The van der Waals surface area contributed by atoms with Gasteiger partial charge in [0.1, 0.15) is 0 Å². The standard InChI is InChI=1S/C31H19N3O/c1-2-8-22(9-3-1)33-26-12-6-4-10-23(26)24-18-20(14-16-27(24)33)21-15-17-30-29(19-21)34-28-13-7-5-11-25(28)32-31(34)35-30/h1-19H. The molecule has 0 fully saturated rings. The fourth-order valence-electron chi connectivity index (χ4n) is 5.37. The van der Waals surface area contributed by atoms with Crippen LogP contribution in [0.15, 0.2) is 120 Å². The molecule has 8 rings (SSSR count). The van der Waals surface area contributed by atoms with Gasteiger partial charge in [-0.25, -0.2) is 0 Å². The summed E-state index contributed by atoms with van der Waals surface area (Å²) in [6, 6.07) is 40.5. The summed E-state index contributed by atoms with van der Waals surface area (Å²) in [6.45, 7) is 0. The maximum Gasteiger partial charge on any atom is 0.307 e. The number of hydrogen-bond donors (Lipinski definition) is 0. The average Bonchev–Trinajstić information content (AvgIpc) is 3.56. The molecule has 0 radical (unpaired) electrons. The van der Waals surface area contributed by atoms with Crippen molar-refractivity contribution in [1.82, 2.24) is 14.0 Å². The van der Waals surface area contributed by atoms with Gasteiger partial charge in [0.05, 0.1) is 27.6 Å². The summed E-state index contributed by atoms with van der Waals surface area (Å²) in [4.78, 5) is 4.65. The van der Waals surface area contributed by atoms with Crippen LogP contribution < -0.4 is 0 Å². The molecular weight excluding hydrogens is 430 g/mol. The molecule has 3 heterocycles. The van der Waals surface area contributed by atoms with Gasteiger partial charge in [-0.15, -0.1) is 0 Å². The van der Waals surface area contributed by atoms with E-state index in [2.05, 4.69) is 105 Å². The smallest absolute Gasteiger partial charge is 0.307 e. The first-order chi connectivity index (χ1) is 17.3. The summed E-state index contributed by atoms with van der Waals surface area (Å²) in [5.74, 6) is 0.625. The van der Waals surface area contributed by atoms with Crippen LogP contribution in [0.25, 0.3) is 66.6 Å². The Morgan fingerprint density at radius 3 is 2.17 bits per heavy atom. The minimum absolute atomic E-state index is 0.625. The lowest BCUT2D eigenvalue weighted by Gasteiger charge is -2.08. The Labute approximate surface area is 200 Å². The molecule has 5 aromatic carbocycles. The van der Waals surface area contributed by atoms with Crippen LogP contribution >= 0.6 is 0 Å². The molecule has 0 saturated carbocycles. The van der Waals surface area contributed by atoms with E-state index in [-0.39, 0.29) is 0 Å². The van der Waals surface area contributed by atoms with Crippen molar-refractivity contribution in [1.29, 1.82) is 0 Å². The minimum atomic E-state index is 0.625. The third-order valence-electron chi connectivity index (χ3n) is 6.95.